The molecule has 0 aromatic heterocycles. The number of carbonyl (C=O) groups excluding carboxylic acids is 1. The summed E-state index contributed by atoms with van der Waals surface area (Å²) >= 11 is 0. The number of carboxylic acid groups (broad SMARTS) is 1. The average molecular weight is 211 g/mol. The van der Waals surface area contributed by atoms with Crippen molar-refractivity contribution in [1.29, 1.82) is 0 Å². The van der Waals surface area contributed by atoms with Crippen molar-refractivity contribution >= 4 is 11.9 Å². The summed E-state index contributed by atoms with van der Waals surface area (Å²) in [6.45, 7) is 1.49. The molecule has 0 aromatic rings. The van der Waals surface area contributed by atoms with E-state index in [1.54, 1.807) is 4.90 Å². The van der Waals surface area contributed by atoms with Crippen molar-refractivity contribution in [2.75, 3.05) is 13.1 Å². The molecule has 1 saturated carbocycles. The highest BCUT2D eigenvalue weighted by atomic mass is 16.4. The molecule has 0 aromatic carbocycles. The molecule has 4 heteroatoms. The Kier molecular flexibility index (Phi) is 2.67. The molecule has 0 unspecified atom stereocenters. The molecule has 2 fully saturated rings. The van der Waals surface area contributed by atoms with E-state index in [2.05, 4.69) is 0 Å². The molecule has 0 bridgehead atoms. The van der Waals surface area contributed by atoms with Crippen molar-refractivity contribution in [1.82, 2.24) is 4.90 Å². The summed E-state index contributed by atoms with van der Waals surface area (Å²) in [7, 11) is 0. The van der Waals surface area contributed by atoms with Crippen LogP contribution in [0.4, 0.5) is 0 Å². The fraction of sp³-hybridized carbons (Fsp3) is 0.818. The first kappa shape index (κ1) is 10.5. The molecule has 2 rings (SSSR count). The van der Waals surface area contributed by atoms with Crippen LogP contribution in [0.2, 0.25) is 0 Å². The lowest BCUT2D eigenvalue weighted by molar-refractivity contribution is -0.153. The highest BCUT2D eigenvalue weighted by Gasteiger charge is 2.58. The SMILES string of the molecule is O=C(O)C1(C(=O)N2CCCCCC2)CC1. The predicted octanol–water partition coefficient (Wildman–Crippen LogP) is 1.25. The van der Waals surface area contributed by atoms with Crippen LogP contribution in [0.1, 0.15) is 38.5 Å². The van der Waals surface area contributed by atoms with Gasteiger partial charge in [0.2, 0.25) is 5.91 Å². The Morgan fingerprint density at radius 1 is 1.00 bits per heavy atom. The molecule has 0 radical (unpaired) electrons. The normalized spacial score (nSPS) is 24.4. The van der Waals surface area contributed by atoms with Gasteiger partial charge < -0.3 is 10.0 Å². The minimum Gasteiger partial charge on any atom is -0.480 e. The molecular formula is C11H17NO3. The molecule has 0 spiro atoms. The van der Waals surface area contributed by atoms with Gasteiger partial charge in [0.15, 0.2) is 0 Å². The number of hydrogen-bond acceptors (Lipinski definition) is 2. The number of carbonyl (C=O) groups is 2. The number of likely N-dealkylation sites (tertiary alicyclic amines) is 1. The highest BCUT2D eigenvalue weighted by molar-refractivity contribution is 6.04. The number of rotatable bonds is 2. The van der Waals surface area contributed by atoms with Crippen LogP contribution in [0, 0.1) is 5.41 Å². The number of nitrogens with zero attached hydrogens (tertiary/aromatic N) is 1. The number of aliphatic carboxylic acids is 1. The van der Waals surface area contributed by atoms with Crippen molar-refractivity contribution in [3.63, 3.8) is 0 Å². The third kappa shape index (κ3) is 1.85. The summed E-state index contributed by atoms with van der Waals surface area (Å²) in [5.41, 5.74) is -1.04. The lowest BCUT2D eigenvalue weighted by Crippen LogP contribution is -2.41. The fourth-order valence-electron chi connectivity index (χ4n) is 2.22. The van der Waals surface area contributed by atoms with Crippen LogP contribution in [0.5, 0.6) is 0 Å². The Hall–Kier alpha value is -1.06. The van der Waals surface area contributed by atoms with Crippen LogP contribution < -0.4 is 0 Å². The zero-order valence-corrected chi connectivity index (χ0v) is 8.87. The van der Waals surface area contributed by atoms with Gasteiger partial charge in [-0.15, -0.1) is 0 Å². The first-order valence-corrected chi connectivity index (χ1v) is 5.70. The smallest absolute Gasteiger partial charge is 0.319 e. The van der Waals surface area contributed by atoms with Gasteiger partial charge in [0.25, 0.3) is 0 Å². The Labute approximate surface area is 89.3 Å². The van der Waals surface area contributed by atoms with Gasteiger partial charge in [0, 0.05) is 13.1 Å². The van der Waals surface area contributed by atoms with Gasteiger partial charge in [-0.25, -0.2) is 0 Å². The first-order valence-electron chi connectivity index (χ1n) is 5.70. The largest absolute Gasteiger partial charge is 0.480 e. The van der Waals surface area contributed by atoms with Gasteiger partial charge in [-0.05, 0) is 25.7 Å². The summed E-state index contributed by atoms with van der Waals surface area (Å²) in [4.78, 5) is 24.8. The quantitative estimate of drug-likeness (QED) is 0.699. The maximum Gasteiger partial charge on any atom is 0.319 e. The number of carboxylic acids is 1. The highest BCUT2D eigenvalue weighted by Crippen LogP contribution is 2.47. The maximum atomic E-state index is 12.0. The van der Waals surface area contributed by atoms with Gasteiger partial charge in [-0.2, -0.15) is 0 Å². The van der Waals surface area contributed by atoms with Crippen LogP contribution >= 0.6 is 0 Å². The van der Waals surface area contributed by atoms with Crippen molar-refractivity contribution in [2.24, 2.45) is 5.41 Å². The molecule has 1 saturated heterocycles. The summed E-state index contributed by atoms with van der Waals surface area (Å²) in [6, 6.07) is 0. The Balaban J connectivity index is 2.03. The number of amides is 1. The monoisotopic (exact) mass is 211 g/mol. The van der Waals surface area contributed by atoms with E-state index in [1.807, 2.05) is 0 Å². The molecule has 1 amide bonds. The second-order valence-electron chi connectivity index (χ2n) is 4.59. The molecule has 15 heavy (non-hydrogen) atoms. The van der Waals surface area contributed by atoms with Gasteiger partial charge in [-0.3, -0.25) is 9.59 Å². The molecule has 0 atom stereocenters. The summed E-state index contributed by atoms with van der Waals surface area (Å²) in [6.07, 6.45) is 5.39. The number of hydrogen-bond donors (Lipinski definition) is 1. The second-order valence-corrected chi connectivity index (χ2v) is 4.59. The Bertz CT molecular complexity index is 276. The molecule has 1 heterocycles. The van der Waals surface area contributed by atoms with Gasteiger partial charge in [-0.1, -0.05) is 12.8 Å². The van der Waals surface area contributed by atoms with Crippen molar-refractivity contribution in [3.8, 4) is 0 Å². The standard InChI is InChI=1S/C11H17NO3/c13-9(11(5-6-11)10(14)15)12-7-3-1-2-4-8-12/h1-8H2,(H,14,15). The third-order valence-electron chi connectivity index (χ3n) is 3.46. The minimum absolute atomic E-state index is 0.142. The predicted molar refractivity (Wildman–Crippen MR) is 54.4 cm³/mol. The van der Waals surface area contributed by atoms with Gasteiger partial charge in [0.1, 0.15) is 5.41 Å². The van der Waals surface area contributed by atoms with Crippen LogP contribution in [0.25, 0.3) is 0 Å². The van der Waals surface area contributed by atoms with Crippen LogP contribution in [-0.4, -0.2) is 35.0 Å². The van der Waals surface area contributed by atoms with Crippen LogP contribution in [-0.2, 0) is 9.59 Å². The molecule has 1 aliphatic carbocycles. The molecular weight excluding hydrogens is 194 g/mol. The summed E-state index contributed by atoms with van der Waals surface area (Å²) < 4.78 is 0. The van der Waals surface area contributed by atoms with Crippen LogP contribution in [0.3, 0.4) is 0 Å². The molecule has 2 aliphatic rings. The van der Waals surface area contributed by atoms with Crippen molar-refractivity contribution < 1.29 is 14.7 Å². The topological polar surface area (TPSA) is 57.6 Å². The lowest BCUT2D eigenvalue weighted by atomic mass is 10.1. The zero-order chi connectivity index (χ0) is 10.9. The Morgan fingerprint density at radius 2 is 1.53 bits per heavy atom. The zero-order valence-electron chi connectivity index (χ0n) is 8.87. The minimum atomic E-state index is -1.04. The second kappa shape index (κ2) is 3.83. The lowest BCUT2D eigenvalue weighted by Gasteiger charge is -2.23. The molecule has 1 aliphatic heterocycles. The summed E-state index contributed by atoms with van der Waals surface area (Å²) in [5.74, 6) is -1.08. The van der Waals surface area contributed by atoms with Crippen LogP contribution in [0.15, 0.2) is 0 Å². The maximum absolute atomic E-state index is 12.0. The molecule has 84 valence electrons. The van der Waals surface area contributed by atoms with E-state index in [-0.39, 0.29) is 5.91 Å². The fourth-order valence-corrected chi connectivity index (χ4v) is 2.22. The summed E-state index contributed by atoms with van der Waals surface area (Å²) in [5, 5.41) is 9.03. The van der Waals surface area contributed by atoms with E-state index in [1.165, 1.54) is 0 Å². The third-order valence-corrected chi connectivity index (χ3v) is 3.46. The van der Waals surface area contributed by atoms with Gasteiger partial charge >= 0.3 is 5.97 Å². The average Bonchev–Trinajstić information content (AvgIpc) is 3.03. The van der Waals surface area contributed by atoms with E-state index in [0.29, 0.717) is 12.8 Å². The Morgan fingerprint density at radius 3 is 1.93 bits per heavy atom. The van der Waals surface area contributed by atoms with Crippen molar-refractivity contribution in [3.05, 3.63) is 0 Å². The van der Waals surface area contributed by atoms with Gasteiger partial charge in [0.05, 0.1) is 0 Å². The van der Waals surface area contributed by atoms with E-state index in [4.69, 9.17) is 5.11 Å². The van der Waals surface area contributed by atoms with Crippen molar-refractivity contribution in [2.45, 2.75) is 38.5 Å². The molecule has 4 nitrogen and oxygen atoms in total. The van der Waals surface area contributed by atoms with E-state index < -0.39 is 11.4 Å². The van der Waals surface area contributed by atoms with E-state index >= 15 is 0 Å². The van der Waals surface area contributed by atoms with E-state index in [9.17, 15) is 9.59 Å². The van der Waals surface area contributed by atoms with E-state index in [0.717, 1.165) is 38.8 Å². The molecule has 1 N–H and O–H groups in total. The first-order chi connectivity index (χ1) is 7.17.